The molecule has 0 spiro atoms. The van der Waals surface area contributed by atoms with Crippen LogP contribution < -0.4 is 0 Å². The number of hydrogen-bond acceptors (Lipinski definition) is 3. The maximum Gasteiger partial charge on any atom is 0.266 e. The molecule has 0 N–H and O–H groups in total. The average Bonchev–Trinajstić information content (AvgIpc) is 3.11. The van der Waals surface area contributed by atoms with Crippen LogP contribution in [0.1, 0.15) is 30.0 Å². The molecule has 1 aromatic heterocycles. The molecule has 1 aliphatic rings. The lowest BCUT2D eigenvalue weighted by Gasteiger charge is -2.03. The first-order valence-corrected chi connectivity index (χ1v) is 8.87. The summed E-state index contributed by atoms with van der Waals surface area (Å²) in [5.74, 6) is 0.141. The second-order valence-electron chi connectivity index (χ2n) is 4.97. The third-order valence-corrected chi connectivity index (χ3v) is 5.08. The highest BCUT2D eigenvalue weighted by molar-refractivity contribution is 8.13. The Balaban J connectivity index is 2.23. The normalized spacial score (nSPS) is 15.6. The van der Waals surface area contributed by atoms with Crippen molar-refractivity contribution < 1.29 is 8.42 Å². The van der Waals surface area contributed by atoms with E-state index in [-0.39, 0.29) is 16.0 Å². The fourth-order valence-electron chi connectivity index (χ4n) is 2.18. The monoisotopic (exact) mass is 330 g/mol. The zero-order chi connectivity index (χ0) is 14.5. The van der Waals surface area contributed by atoms with Gasteiger partial charge in [0.15, 0.2) is 5.15 Å². The SMILES string of the molecule is Cc1cccc(-n2nc(C3CC3)c(S(=O)(=O)Cl)c2Cl)c1. The first-order valence-electron chi connectivity index (χ1n) is 6.18. The van der Waals surface area contributed by atoms with Crippen molar-refractivity contribution in [2.45, 2.75) is 30.6 Å². The largest absolute Gasteiger partial charge is 0.266 e. The molecule has 1 fully saturated rings. The van der Waals surface area contributed by atoms with Crippen molar-refractivity contribution in [3.8, 4) is 5.69 Å². The van der Waals surface area contributed by atoms with Crippen LogP contribution in [0.3, 0.4) is 0 Å². The number of benzene rings is 1. The Morgan fingerprint density at radius 1 is 1.35 bits per heavy atom. The molecule has 0 amide bonds. The van der Waals surface area contributed by atoms with Crippen LogP contribution in [0, 0.1) is 6.92 Å². The van der Waals surface area contributed by atoms with Gasteiger partial charge in [0.1, 0.15) is 4.90 Å². The molecular weight excluding hydrogens is 319 g/mol. The first-order chi connectivity index (χ1) is 9.38. The van der Waals surface area contributed by atoms with Crippen molar-refractivity contribution in [1.82, 2.24) is 9.78 Å². The highest BCUT2D eigenvalue weighted by atomic mass is 35.7. The van der Waals surface area contributed by atoms with Crippen LogP contribution >= 0.6 is 22.3 Å². The minimum atomic E-state index is -3.91. The number of nitrogens with zero attached hydrogens (tertiary/aromatic N) is 2. The van der Waals surface area contributed by atoms with Gasteiger partial charge in [0.05, 0.1) is 11.4 Å². The lowest BCUT2D eigenvalue weighted by Crippen LogP contribution is -1.97. The van der Waals surface area contributed by atoms with Gasteiger partial charge in [0.2, 0.25) is 0 Å². The maximum absolute atomic E-state index is 11.7. The summed E-state index contributed by atoms with van der Waals surface area (Å²) in [6.07, 6.45) is 1.83. The molecule has 20 heavy (non-hydrogen) atoms. The van der Waals surface area contributed by atoms with Crippen LogP contribution in [-0.4, -0.2) is 18.2 Å². The first kappa shape index (κ1) is 13.9. The van der Waals surface area contributed by atoms with Gasteiger partial charge in [-0.2, -0.15) is 5.10 Å². The Morgan fingerprint density at radius 3 is 2.60 bits per heavy atom. The summed E-state index contributed by atoms with van der Waals surface area (Å²) in [6.45, 7) is 1.95. The van der Waals surface area contributed by atoms with Gasteiger partial charge in [0, 0.05) is 16.6 Å². The summed E-state index contributed by atoms with van der Waals surface area (Å²) in [5.41, 5.74) is 2.24. The molecule has 0 aliphatic heterocycles. The van der Waals surface area contributed by atoms with Crippen LogP contribution in [0.5, 0.6) is 0 Å². The van der Waals surface area contributed by atoms with E-state index in [0.29, 0.717) is 5.69 Å². The molecule has 0 unspecified atom stereocenters. The number of aromatic nitrogens is 2. The topological polar surface area (TPSA) is 52.0 Å². The maximum atomic E-state index is 11.7. The smallest absolute Gasteiger partial charge is 0.220 e. The fourth-order valence-corrected chi connectivity index (χ4v) is 4.04. The lowest BCUT2D eigenvalue weighted by molar-refractivity contribution is 0.608. The predicted octanol–water partition coefficient (Wildman–Crippen LogP) is 3.64. The Hall–Kier alpha value is -1.04. The Bertz CT molecular complexity index is 780. The summed E-state index contributed by atoms with van der Waals surface area (Å²) >= 11 is 6.21. The number of hydrogen-bond donors (Lipinski definition) is 0. The molecule has 0 atom stereocenters. The van der Waals surface area contributed by atoms with E-state index < -0.39 is 9.05 Å². The minimum Gasteiger partial charge on any atom is -0.220 e. The highest BCUT2D eigenvalue weighted by Gasteiger charge is 2.36. The third kappa shape index (κ3) is 2.45. The van der Waals surface area contributed by atoms with E-state index >= 15 is 0 Å². The lowest BCUT2D eigenvalue weighted by atomic mass is 10.2. The molecule has 3 rings (SSSR count). The van der Waals surface area contributed by atoms with Gasteiger partial charge in [-0.3, -0.25) is 0 Å². The number of aryl methyl sites for hydroxylation is 1. The van der Waals surface area contributed by atoms with Crippen molar-refractivity contribution in [1.29, 1.82) is 0 Å². The van der Waals surface area contributed by atoms with Crippen molar-refractivity contribution in [2.75, 3.05) is 0 Å². The molecule has 1 saturated carbocycles. The van der Waals surface area contributed by atoms with Gasteiger partial charge in [-0.25, -0.2) is 13.1 Å². The Kier molecular flexibility index (Phi) is 3.31. The second-order valence-corrected chi connectivity index (χ2v) is 7.83. The Morgan fingerprint density at radius 2 is 2.05 bits per heavy atom. The second kappa shape index (κ2) is 4.76. The van der Waals surface area contributed by atoms with Crippen LogP contribution in [0.4, 0.5) is 0 Å². The molecule has 0 saturated heterocycles. The van der Waals surface area contributed by atoms with Crippen LogP contribution in [-0.2, 0) is 9.05 Å². The molecule has 1 aromatic carbocycles. The standard InChI is InChI=1S/C13H12Cl2N2O2S/c1-8-3-2-4-10(7-8)17-13(14)12(20(15,18)19)11(16-17)9-5-6-9/h2-4,7,9H,5-6H2,1H3. The van der Waals surface area contributed by atoms with Gasteiger partial charge >= 0.3 is 0 Å². The molecule has 0 bridgehead atoms. The van der Waals surface area contributed by atoms with Crippen LogP contribution in [0.25, 0.3) is 5.69 Å². The van der Waals surface area contributed by atoms with Crippen molar-refractivity contribution in [3.05, 3.63) is 40.7 Å². The van der Waals surface area contributed by atoms with E-state index in [1.807, 2.05) is 31.2 Å². The van der Waals surface area contributed by atoms with E-state index in [1.54, 1.807) is 0 Å². The van der Waals surface area contributed by atoms with Gasteiger partial charge in [-0.1, -0.05) is 23.7 Å². The summed E-state index contributed by atoms with van der Waals surface area (Å²) in [5, 5.41) is 4.42. The van der Waals surface area contributed by atoms with Gasteiger partial charge < -0.3 is 0 Å². The molecule has 4 nitrogen and oxygen atoms in total. The van der Waals surface area contributed by atoms with Crippen LogP contribution in [0.15, 0.2) is 29.2 Å². The summed E-state index contributed by atoms with van der Waals surface area (Å²) in [6, 6.07) is 7.53. The molecule has 1 aliphatic carbocycles. The Labute approximate surface area is 126 Å². The van der Waals surface area contributed by atoms with Crippen LogP contribution in [0.2, 0.25) is 5.15 Å². The molecule has 7 heteroatoms. The molecule has 2 aromatic rings. The molecule has 106 valence electrons. The van der Waals surface area contributed by atoms with Gasteiger partial charge in [-0.05, 0) is 37.5 Å². The summed E-state index contributed by atoms with van der Waals surface area (Å²) in [4.78, 5) is -0.0511. The van der Waals surface area contributed by atoms with Crippen molar-refractivity contribution in [3.63, 3.8) is 0 Å². The van der Waals surface area contributed by atoms with E-state index in [0.717, 1.165) is 24.1 Å². The number of rotatable bonds is 3. The van der Waals surface area contributed by atoms with E-state index in [9.17, 15) is 8.42 Å². The molecule has 0 radical (unpaired) electrons. The summed E-state index contributed by atoms with van der Waals surface area (Å²) in [7, 11) is 1.60. The highest BCUT2D eigenvalue weighted by Crippen LogP contribution is 2.45. The summed E-state index contributed by atoms with van der Waals surface area (Å²) < 4.78 is 24.9. The molecular formula is C13H12Cl2N2O2S. The van der Waals surface area contributed by atoms with E-state index in [1.165, 1.54) is 4.68 Å². The minimum absolute atomic E-state index is 0.0486. The average molecular weight is 331 g/mol. The quantitative estimate of drug-likeness (QED) is 0.807. The van der Waals surface area contributed by atoms with Gasteiger partial charge in [0.25, 0.3) is 9.05 Å². The number of halogens is 2. The van der Waals surface area contributed by atoms with E-state index in [4.69, 9.17) is 22.3 Å². The van der Waals surface area contributed by atoms with E-state index in [2.05, 4.69) is 5.10 Å². The zero-order valence-electron chi connectivity index (χ0n) is 10.7. The van der Waals surface area contributed by atoms with Crippen molar-refractivity contribution >= 4 is 31.3 Å². The van der Waals surface area contributed by atoms with Crippen molar-refractivity contribution in [2.24, 2.45) is 0 Å². The van der Waals surface area contributed by atoms with Gasteiger partial charge in [-0.15, -0.1) is 0 Å². The fraction of sp³-hybridized carbons (Fsp3) is 0.308. The third-order valence-electron chi connectivity index (χ3n) is 3.27. The molecule has 1 heterocycles. The predicted molar refractivity (Wildman–Crippen MR) is 78.3 cm³/mol. The zero-order valence-corrected chi connectivity index (χ0v) is 13.0.